The van der Waals surface area contributed by atoms with Crippen LogP contribution in [0.15, 0.2) is 103 Å². The van der Waals surface area contributed by atoms with E-state index in [1.165, 1.54) is 28.1 Å². The van der Waals surface area contributed by atoms with E-state index >= 15 is 0 Å². The SMILES string of the molecule is Cc1ccc(Oc2ccc(N3C(=S)N[C@@H](c4ccccn4)[C@H]3c3cc(C)n(-c4cccc(C)c4)c3C)cc2)cc1. The van der Waals surface area contributed by atoms with Crippen molar-refractivity contribution in [3.63, 3.8) is 0 Å². The largest absolute Gasteiger partial charge is 0.457 e. The van der Waals surface area contributed by atoms with Crippen molar-refractivity contribution in [2.45, 2.75) is 39.8 Å². The molecular weight excluding hydrogens is 512 g/mol. The van der Waals surface area contributed by atoms with Crippen LogP contribution < -0.4 is 15.0 Å². The normalized spacial score (nSPS) is 16.7. The average Bonchev–Trinajstić information content (AvgIpc) is 3.45. The molecule has 0 aliphatic carbocycles. The molecule has 0 spiro atoms. The lowest BCUT2D eigenvalue weighted by atomic mass is 9.96. The Morgan fingerprint density at radius 1 is 0.750 bits per heavy atom. The Balaban J connectivity index is 1.41. The molecule has 3 aromatic carbocycles. The number of pyridine rings is 1. The van der Waals surface area contributed by atoms with Crippen molar-refractivity contribution in [3.05, 3.63) is 137 Å². The second kappa shape index (κ2) is 10.6. The number of nitrogens with zero attached hydrogens (tertiary/aromatic N) is 3. The van der Waals surface area contributed by atoms with Gasteiger partial charge in [-0.2, -0.15) is 0 Å². The lowest BCUT2D eigenvalue weighted by Crippen LogP contribution is -2.29. The monoisotopic (exact) mass is 544 g/mol. The summed E-state index contributed by atoms with van der Waals surface area (Å²) in [6, 6.07) is 33.0. The number of rotatable bonds is 6. The smallest absolute Gasteiger partial charge is 0.174 e. The van der Waals surface area contributed by atoms with Crippen molar-refractivity contribution in [2.75, 3.05) is 4.90 Å². The average molecular weight is 545 g/mol. The second-order valence-electron chi connectivity index (χ2n) is 10.4. The summed E-state index contributed by atoms with van der Waals surface area (Å²) in [5.74, 6) is 1.59. The van der Waals surface area contributed by atoms with Crippen molar-refractivity contribution in [1.29, 1.82) is 0 Å². The van der Waals surface area contributed by atoms with Crippen LogP contribution in [0.25, 0.3) is 5.69 Å². The molecule has 2 aromatic heterocycles. The molecule has 3 heterocycles. The van der Waals surface area contributed by atoms with Gasteiger partial charge >= 0.3 is 0 Å². The van der Waals surface area contributed by atoms with E-state index in [0.29, 0.717) is 5.11 Å². The van der Waals surface area contributed by atoms with Gasteiger partial charge in [-0.1, -0.05) is 35.9 Å². The van der Waals surface area contributed by atoms with E-state index in [-0.39, 0.29) is 12.1 Å². The van der Waals surface area contributed by atoms with Gasteiger partial charge in [-0.05, 0) is 118 Å². The Morgan fingerprint density at radius 2 is 1.48 bits per heavy atom. The summed E-state index contributed by atoms with van der Waals surface area (Å²) >= 11 is 5.97. The molecule has 1 N–H and O–H groups in total. The van der Waals surface area contributed by atoms with E-state index in [2.05, 4.69) is 91.0 Å². The molecular formula is C34H32N4OS. The highest BCUT2D eigenvalue weighted by Gasteiger charge is 2.42. The minimum Gasteiger partial charge on any atom is -0.457 e. The Bertz CT molecular complexity index is 1660. The number of hydrogen-bond donors (Lipinski definition) is 1. The standard InChI is InChI=1S/C34H32N4OS/c1-22-11-15-28(16-12-22)39-29-17-13-26(14-18-29)38-33(32(36-34(38)40)31-10-5-6-19-35-31)30-21-24(3)37(25(30)4)27-9-7-8-23(2)20-27/h5-21,32-33H,1-4H3,(H,36,40)/t32-,33+/m0/s1. The van der Waals surface area contributed by atoms with Gasteiger partial charge in [0.05, 0.1) is 17.8 Å². The molecule has 1 aliphatic rings. The van der Waals surface area contributed by atoms with Gasteiger partial charge in [0.15, 0.2) is 5.11 Å². The maximum absolute atomic E-state index is 6.10. The lowest BCUT2D eigenvalue weighted by Gasteiger charge is -2.28. The number of ether oxygens (including phenoxy) is 1. The first-order valence-electron chi connectivity index (χ1n) is 13.5. The zero-order chi connectivity index (χ0) is 27.8. The number of anilines is 1. The van der Waals surface area contributed by atoms with Crippen LogP contribution >= 0.6 is 12.2 Å². The topological polar surface area (TPSA) is 42.3 Å². The molecule has 2 atom stereocenters. The van der Waals surface area contributed by atoms with E-state index in [0.717, 1.165) is 28.6 Å². The number of aryl methyl sites for hydroxylation is 3. The highest BCUT2D eigenvalue weighted by Crippen LogP contribution is 2.44. The minimum absolute atomic E-state index is 0.0870. The number of hydrogen-bond acceptors (Lipinski definition) is 3. The van der Waals surface area contributed by atoms with Crippen LogP contribution in [0.2, 0.25) is 0 Å². The van der Waals surface area contributed by atoms with E-state index in [1.807, 2.05) is 54.7 Å². The lowest BCUT2D eigenvalue weighted by molar-refractivity contribution is 0.482. The summed E-state index contributed by atoms with van der Waals surface area (Å²) < 4.78 is 8.43. The van der Waals surface area contributed by atoms with E-state index < -0.39 is 0 Å². The molecule has 0 radical (unpaired) electrons. The van der Waals surface area contributed by atoms with E-state index in [9.17, 15) is 0 Å². The third kappa shape index (κ3) is 4.87. The summed E-state index contributed by atoms with van der Waals surface area (Å²) in [4.78, 5) is 6.93. The third-order valence-corrected chi connectivity index (χ3v) is 7.83. The van der Waals surface area contributed by atoms with Crippen molar-refractivity contribution in [1.82, 2.24) is 14.9 Å². The molecule has 1 saturated heterocycles. The van der Waals surface area contributed by atoms with Crippen LogP contribution in [0.4, 0.5) is 5.69 Å². The molecule has 0 unspecified atom stereocenters. The molecule has 6 heteroatoms. The van der Waals surface area contributed by atoms with Gasteiger partial charge in [0, 0.05) is 29.0 Å². The van der Waals surface area contributed by atoms with Crippen LogP contribution in [0.1, 0.15) is 45.9 Å². The molecule has 0 bridgehead atoms. The third-order valence-electron chi connectivity index (χ3n) is 7.52. The summed E-state index contributed by atoms with van der Waals surface area (Å²) in [5.41, 5.74) is 9.12. The van der Waals surface area contributed by atoms with E-state index in [1.54, 1.807) is 0 Å². The number of thiocarbonyl (C=S) groups is 1. The maximum atomic E-state index is 6.10. The molecule has 1 aliphatic heterocycles. The Kier molecular flexibility index (Phi) is 6.86. The quantitative estimate of drug-likeness (QED) is 0.219. The molecule has 0 saturated carbocycles. The van der Waals surface area contributed by atoms with Crippen molar-refractivity contribution in [3.8, 4) is 17.2 Å². The van der Waals surface area contributed by atoms with Gasteiger partial charge in [0.2, 0.25) is 0 Å². The molecule has 6 rings (SSSR count). The van der Waals surface area contributed by atoms with Gasteiger partial charge in [-0.15, -0.1) is 0 Å². The number of nitrogens with one attached hydrogen (secondary N) is 1. The first kappa shape index (κ1) is 25.8. The molecule has 5 aromatic rings. The molecule has 1 fully saturated rings. The minimum atomic E-state index is -0.108. The zero-order valence-corrected chi connectivity index (χ0v) is 23.9. The summed E-state index contributed by atoms with van der Waals surface area (Å²) in [6.07, 6.45) is 1.84. The predicted molar refractivity (Wildman–Crippen MR) is 166 cm³/mol. The van der Waals surface area contributed by atoms with Crippen molar-refractivity contribution < 1.29 is 4.74 Å². The maximum Gasteiger partial charge on any atom is 0.174 e. The van der Waals surface area contributed by atoms with Crippen LogP contribution in [0, 0.1) is 27.7 Å². The van der Waals surface area contributed by atoms with Crippen molar-refractivity contribution >= 4 is 23.0 Å². The highest BCUT2D eigenvalue weighted by molar-refractivity contribution is 7.80. The molecule has 5 nitrogen and oxygen atoms in total. The Hall–Kier alpha value is -4.42. The van der Waals surface area contributed by atoms with Crippen LogP contribution in [0.3, 0.4) is 0 Å². The molecule has 200 valence electrons. The van der Waals surface area contributed by atoms with Crippen LogP contribution in [-0.2, 0) is 0 Å². The predicted octanol–water partition coefficient (Wildman–Crippen LogP) is 8.08. The number of benzene rings is 3. The fourth-order valence-corrected chi connectivity index (χ4v) is 5.96. The van der Waals surface area contributed by atoms with Gasteiger partial charge in [-0.3, -0.25) is 4.98 Å². The highest BCUT2D eigenvalue weighted by atomic mass is 32.1. The second-order valence-corrected chi connectivity index (χ2v) is 10.8. The molecule has 0 amide bonds. The van der Waals surface area contributed by atoms with E-state index in [4.69, 9.17) is 21.9 Å². The van der Waals surface area contributed by atoms with Crippen molar-refractivity contribution in [2.24, 2.45) is 0 Å². The van der Waals surface area contributed by atoms with Gasteiger partial charge in [0.25, 0.3) is 0 Å². The fraction of sp³-hybridized carbons (Fsp3) is 0.176. The first-order valence-corrected chi connectivity index (χ1v) is 13.9. The van der Waals surface area contributed by atoms with Gasteiger partial charge in [-0.25, -0.2) is 0 Å². The van der Waals surface area contributed by atoms with Crippen LogP contribution in [0.5, 0.6) is 11.5 Å². The Morgan fingerprint density at radius 3 is 2.15 bits per heavy atom. The Labute approximate surface area is 241 Å². The van der Waals surface area contributed by atoms with Gasteiger partial charge < -0.3 is 19.5 Å². The van der Waals surface area contributed by atoms with Crippen LogP contribution in [-0.4, -0.2) is 14.7 Å². The van der Waals surface area contributed by atoms with Gasteiger partial charge in [0.1, 0.15) is 11.5 Å². The molecule has 40 heavy (non-hydrogen) atoms. The number of aromatic nitrogens is 2. The fourth-order valence-electron chi connectivity index (χ4n) is 5.62. The summed E-state index contributed by atoms with van der Waals surface area (Å²) in [6.45, 7) is 8.55. The zero-order valence-electron chi connectivity index (χ0n) is 23.1. The summed E-state index contributed by atoms with van der Waals surface area (Å²) in [5, 5.41) is 4.26. The first-order chi connectivity index (χ1) is 19.4. The summed E-state index contributed by atoms with van der Waals surface area (Å²) in [7, 11) is 0.